The van der Waals surface area contributed by atoms with Crippen LogP contribution in [-0.2, 0) is 16.0 Å². The monoisotopic (exact) mass is 391 g/mol. The summed E-state index contributed by atoms with van der Waals surface area (Å²) in [4.78, 5) is 24.7. The number of carbonyl (C=O) groups is 2. The van der Waals surface area contributed by atoms with Crippen LogP contribution in [0.15, 0.2) is 18.2 Å². The van der Waals surface area contributed by atoms with E-state index in [0.29, 0.717) is 10.9 Å². The molecular weight excluding hydrogens is 362 g/mol. The van der Waals surface area contributed by atoms with Crippen LogP contribution in [0.3, 0.4) is 0 Å². The van der Waals surface area contributed by atoms with E-state index in [9.17, 15) is 14.7 Å². The minimum Gasteiger partial charge on any atom is -0.506 e. The van der Waals surface area contributed by atoms with Gasteiger partial charge in [0.05, 0.1) is 19.7 Å². The number of methoxy groups -OCH3 is 1. The third-order valence-corrected chi connectivity index (χ3v) is 4.22. The Labute approximate surface area is 164 Å². The first kappa shape index (κ1) is 21.5. The van der Waals surface area contributed by atoms with E-state index in [2.05, 4.69) is 10.4 Å². The van der Waals surface area contributed by atoms with E-state index in [1.807, 2.05) is 20.8 Å². The standard InChI is InChI=1S/C20H29N3O5/c1-19(2,3)14(21-18(26)28-20(4,5)6)11-23-16(17(25)27-7)12-9-8-10-13(24)15(12)22-23/h8-10,14,24H,11H2,1-7H3,(H,21,26)/t14-/m0/s1. The summed E-state index contributed by atoms with van der Waals surface area (Å²) in [6, 6.07) is 4.43. The molecule has 0 radical (unpaired) electrons. The Morgan fingerprint density at radius 1 is 1.21 bits per heavy atom. The minimum absolute atomic E-state index is 0.0335. The van der Waals surface area contributed by atoms with Crippen molar-refractivity contribution >= 4 is 23.0 Å². The molecule has 2 N–H and O–H groups in total. The van der Waals surface area contributed by atoms with E-state index < -0.39 is 23.7 Å². The molecule has 1 amide bonds. The summed E-state index contributed by atoms with van der Waals surface area (Å²) in [5.74, 6) is -0.605. The SMILES string of the molecule is COC(=O)c1c2cccc(O)c2nn1C[C@H](NC(=O)OC(C)(C)C)C(C)(C)C. The highest BCUT2D eigenvalue weighted by Gasteiger charge is 2.31. The molecule has 0 saturated heterocycles. The number of nitrogens with one attached hydrogen (secondary N) is 1. The zero-order chi connectivity index (χ0) is 21.3. The summed E-state index contributed by atoms with van der Waals surface area (Å²) in [5, 5.41) is 17.9. The maximum atomic E-state index is 12.4. The Morgan fingerprint density at radius 2 is 1.86 bits per heavy atom. The summed E-state index contributed by atoms with van der Waals surface area (Å²) in [5.41, 5.74) is -0.471. The van der Waals surface area contributed by atoms with Gasteiger partial charge in [0.15, 0.2) is 5.69 Å². The largest absolute Gasteiger partial charge is 0.506 e. The van der Waals surface area contributed by atoms with Crippen LogP contribution < -0.4 is 5.32 Å². The Morgan fingerprint density at radius 3 is 2.39 bits per heavy atom. The molecule has 2 rings (SSSR count). The van der Waals surface area contributed by atoms with Crippen molar-refractivity contribution in [1.29, 1.82) is 0 Å². The number of fused-ring (bicyclic) bond motifs is 1. The number of carbonyl (C=O) groups excluding carboxylic acids is 2. The van der Waals surface area contributed by atoms with Gasteiger partial charge in [-0.05, 0) is 32.3 Å². The van der Waals surface area contributed by atoms with Gasteiger partial charge in [-0.3, -0.25) is 4.68 Å². The molecule has 2 aromatic rings. The second-order valence-electron chi connectivity index (χ2n) is 8.76. The van der Waals surface area contributed by atoms with Crippen molar-refractivity contribution in [2.75, 3.05) is 7.11 Å². The number of aromatic nitrogens is 2. The quantitative estimate of drug-likeness (QED) is 0.774. The van der Waals surface area contributed by atoms with Crippen LogP contribution in [-0.4, -0.2) is 45.7 Å². The van der Waals surface area contributed by atoms with Crippen molar-refractivity contribution in [1.82, 2.24) is 15.1 Å². The van der Waals surface area contributed by atoms with Gasteiger partial charge in [0.2, 0.25) is 0 Å². The van der Waals surface area contributed by atoms with E-state index >= 15 is 0 Å². The number of alkyl carbamates (subject to hydrolysis) is 1. The number of hydrogen-bond acceptors (Lipinski definition) is 6. The van der Waals surface area contributed by atoms with E-state index in [1.54, 1.807) is 32.9 Å². The first-order chi connectivity index (χ1) is 12.8. The van der Waals surface area contributed by atoms with Gasteiger partial charge in [-0.15, -0.1) is 0 Å². The first-order valence-corrected chi connectivity index (χ1v) is 9.10. The lowest BCUT2D eigenvalue weighted by Gasteiger charge is -2.32. The van der Waals surface area contributed by atoms with Gasteiger partial charge in [0.1, 0.15) is 16.9 Å². The molecule has 8 nitrogen and oxygen atoms in total. The Bertz CT molecular complexity index is 874. The molecule has 0 aliphatic heterocycles. The van der Waals surface area contributed by atoms with E-state index in [0.717, 1.165) is 0 Å². The second-order valence-corrected chi connectivity index (χ2v) is 8.76. The lowest BCUT2D eigenvalue weighted by Crippen LogP contribution is -2.48. The molecule has 0 bridgehead atoms. The molecule has 1 aromatic heterocycles. The van der Waals surface area contributed by atoms with Gasteiger partial charge in [-0.25, -0.2) is 9.59 Å². The molecule has 154 valence electrons. The molecule has 28 heavy (non-hydrogen) atoms. The van der Waals surface area contributed by atoms with Crippen LogP contribution >= 0.6 is 0 Å². The van der Waals surface area contributed by atoms with Crippen molar-refractivity contribution in [3.05, 3.63) is 23.9 Å². The van der Waals surface area contributed by atoms with Gasteiger partial charge in [-0.1, -0.05) is 32.9 Å². The molecule has 0 fully saturated rings. The van der Waals surface area contributed by atoms with Crippen molar-refractivity contribution in [2.45, 2.75) is 59.7 Å². The molecule has 0 unspecified atom stereocenters. The predicted molar refractivity (Wildman–Crippen MR) is 105 cm³/mol. The van der Waals surface area contributed by atoms with Gasteiger partial charge in [0, 0.05) is 5.39 Å². The first-order valence-electron chi connectivity index (χ1n) is 9.10. The highest BCUT2D eigenvalue weighted by Crippen LogP contribution is 2.29. The zero-order valence-corrected chi connectivity index (χ0v) is 17.5. The molecule has 0 saturated carbocycles. The average molecular weight is 391 g/mol. The average Bonchev–Trinajstić information content (AvgIpc) is 2.90. The van der Waals surface area contributed by atoms with Gasteiger partial charge in [-0.2, -0.15) is 5.10 Å². The van der Waals surface area contributed by atoms with Crippen LogP contribution in [0.5, 0.6) is 5.75 Å². The second kappa shape index (κ2) is 7.69. The number of benzene rings is 1. The molecule has 0 spiro atoms. The summed E-state index contributed by atoms with van der Waals surface area (Å²) >= 11 is 0. The molecule has 0 aliphatic rings. The van der Waals surface area contributed by atoms with Crippen LogP contribution in [0.4, 0.5) is 4.79 Å². The third kappa shape index (κ3) is 4.94. The van der Waals surface area contributed by atoms with Crippen LogP contribution in [0.25, 0.3) is 10.9 Å². The molecule has 0 aliphatic carbocycles. The summed E-state index contributed by atoms with van der Waals surface area (Å²) in [6.07, 6.45) is -0.549. The Balaban J connectivity index is 2.44. The number of esters is 1. The third-order valence-electron chi connectivity index (χ3n) is 4.22. The van der Waals surface area contributed by atoms with Gasteiger partial charge >= 0.3 is 12.1 Å². The smallest absolute Gasteiger partial charge is 0.407 e. The molecule has 1 heterocycles. The maximum Gasteiger partial charge on any atom is 0.407 e. The summed E-state index contributed by atoms with van der Waals surface area (Å²) < 4.78 is 11.7. The lowest BCUT2D eigenvalue weighted by molar-refractivity contribution is 0.0451. The van der Waals surface area contributed by atoms with E-state index in [1.165, 1.54) is 17.9 Å². The maximum absolute atomic E-state index is 12.4. The minimum atomic E-state index is -0.629. The number of nitrogens with zero attached hydrogens (tertiary/aromatic N) is 2. The van der Waals surface area contributed by atoms with Crippen LogP contribution in [0, 0.1) is 5.41 Å². The zero-order valence-electron chi connectivity index (χ0n) is 17.5. The van der Waals surface area contributed by atoms with Crippen molar-refractivity contribution in [2.24, 2.45) is 5.41 Å². The Kier molecular flexibility index (Phi) is 5.91. The van der Waals surface area contributed by atoms with Gasteiger partial charge < -0.3 is 19.9 Å². The van der Waals surface area contributed by atoms with E-state index in [-0.39, 0.29) is 23.4 Å². The molecule has 8 heteroatoms. The number of ether oxygens (including phenoxy) is 2. The summed E-state index contributed by atoms with van der Waals surface area (Å²) in [6.45, 7) is 11.5. The highest BCUT2D eigenvalue weighted by molar-refractivity contribution is 6.03. The number of phenolic OH excluding ortho intramolecular Hbond substituents is 1. The molecular formula is C20H29N3O5. The Hall–Kier alpha value is -2.77. The number of rotatable bonds is 4. The van der Waals surface area contributed by atoms with Crippen LogP contribution in [0.2, 0.25) is 0 Å². The molecule has 1 aromatic carbocycles. The van der Waals surface area contributed by atoms with Gasteiger partial charge in [0.25, 0.3) is 0 Å². The number of hydrogen-bond donors (Lipinski definition) is 2. The number of amides is 1. The van der Waals surface area contributed by atoms with E-state index in [4.69, 9.17) is 9.47 Å². The molecule has 1 atom stereocenters. The van der Waals surface area contributed by atoms with Crippen molar-refractivity contribution in [3.8, 4) is 5.75 Å². The van der Waals surface area contributed by atoms with Crippen molar-refractivity contribution in [3.63, 3.8) is 0 Å². The predicted octanol–water partition coefficient (Wildman–Crippen LogP) is 3.47. The number of phenols is 1. The fourth-order valence-corrected chi connectivity index (χ4v) is 2.74. The highest BCUT2D eigenvalue weighted by atomic mass is 16.6. The lowest BCUT2D eigenvalue weighted by atomic mass is 9.86. The fourth-order valence-electron chi connectivity index (χ4n) is 2.74. The number of aromatic hydroxyl groups is 1. The van der Waals surface area contributed by atoms with Crippen LogP contribution in [0.1, 0.15) is 52.0 Å². The topological polar surface area (TPSA) is 103 Å². The van der Waals surface area contributed by atoms with Crippen molar-refractivity contribution < 1.29 is 24.2 Å². The normalized spacial score (nSPS) is 13.2. The summed E-state index contributed by atoms with van der Waals surface area (Å²) in [7, 11) is 1.29. The fraction of sp³-hybridized carbons (Fsp3) is 0.550.